The largest absolute Gasteiger partial charge is 0.370 e. The van der Waals surface area contributed by atoms with Crippen molar-refractivity contribution >= 4 is 30.5 Å². The third-order valence-electron chi connectivity index (χ3n) is 3.31. The topological polar surface area (TPSA) is 53.0 Å². The Labute approximate surface area is 121 Å². The van der Waals surface area contributed by atoms with Crippen LogP contribution in [-0.2, 0) is 0 Å². The summed E-state index contributed by atoms with van der Waals surface area (Å²) in [6, 6.07) is 10.1. The van der Waals surface area contributed by atoms with Gasteiger partial charge in [0.1, 0.15) is 6.07 Å². The number of nitrogens with zero attached hydrogens (tertiary/aromatic N) is 2. The van der Waals surface area contributed by atoms with Gasteiger partial charge in [-0.15, -0.1) is 24.8 Å². The fourth-order valence-corrected chi connectivity index (χ4v) is 2.25. The molecule has 5 heteroatoms. The predicted octanol–water partition coefficient (Wildman–Crippen LogP) is 2.58. The number of hydrogen-bond acceptors (Lipinski definition) is 3. The SMILES string of the molecule is Cl.Cl.N#Cc1ccccc1N1CCC(CN)CC1. The molecule has 0 unspecified atom stereocenters. The zero-order valence-corrected chi connectivity index (χ0v) is 11.8. The van der Waals surface area contributed by atoms with Gasteiger partial charge >= 0.3 is 0 Å². The molecule has 2 N–H and O–H groups in total. The van der Waals surface area contributed by atoms with Gasteiger partial charge < -0.3 is 10.6 Å². The minimum Gasteiger partial charge on any atom is -0.370 e. The van der Waals surface area contributed by atoms with Crippen LogP contribution in [0.15, 0.2) is 24.3 Å². The first-order chi connectivity index (χ1) is 7.85. The van der Waals surface area contributed by atoms with Crippen LogP contribution < -0.4 is 10.6 Å². The molecule has 1 aliphatic rings. The van der Waals surface area contributed by atoms with Crippen LogP contribution in [0, 0.1) is 17.2 Å². The number of nitriles is 1. The molecule has 0 aromatic heterocycles. The summed E-state index contributed by atoms with van der Waals surface area (Å²) in [6.07, 6.45) is 2.27. The Morgan fingerprint density at radius 1 is 1.22 bits per heavy atom. The minimum absolute atomic E-state index is 0. The Balaban J connectivity index is 0.00000144. The van der Waals surface area contributed by atoms with E-state index in [0.29, 0.717) is 5.92 Å². The first-order valence-electron chi connectivity index (χ1n) is 5.79. The van der Waals surface area contributed by atoms with Crippen molar-refractivity contribution in [3.63, 3.8) is 0 Å². The molecule has 1 saturated heterocycles. The van der Waals surface area contributed by atoms with Crippen molar-refractivity contribution in [2.75, 3.05) is 24.5 Å². The molecular weight excluding hydrogens is 269 g/mol. The van der Waals surface area contributed by atoms with E-state index in [1.165, 1.54) is 0 Å². The Morgan fingerprint density at radius 2 is 1.83 bits per heavy atom. The summed E-state index contributed by atoms with van der Waals surface area (Å²) in [7, 11) is 0. The van der Waals surface area contributed by atoms with Gasteiger partial charge in [0.05, 0.1) is 11.3 Å². The minimum atomic E-state index is 0. The fourth-order valence-electron chi connectivity index (χ4n) is 2.25. The van der Waals surface area contributed by atoms with E-state index < -0.39 is 0 Å². The van der Waals surface area contributed by atoms with E-state index in [9.17, 15) is 0 Å². The molecule has 100 valence electrons. The van der Waals surface area contributed by atoms with Crippen LogP contribution in [0.25, 0.3) is 0 Å². The lowest BCUT2D eigenvalue weighted by Gasteiger charge is -2.33. The van der Waals surface area contributed by atoms with Gasteiger partial charge in [-0.05, 0) is 37.4 Å². The summed E-state index contributed by atoms with van der Waals surface area (Å²) in [6.45, 7) is 2.81. The van der Waals surface area contributed by atoms with Crippen molar-refractivity contribution in [2.45, 2.75) is 12.8 Å². The summed E-state index contributed by atoms with van der Waals surface area (Å²) >= 11 is 0. The van der Waals surface area contributed by atoms with Gasteiger partial charge in [0, 0.05) is 13.1 Å². The quantitative estimate of drug-likeness (QED) is 0.910. The molecule has 0 aliphatic carbocycles. The number of hydrogen-bond donors (Lipinski definition) is 1. The van der Waals surface area contributed by atoms with Gasteiger partial charge in [-0.1, -0.05) is 12.1 Å². The zero-order valence-electron chi connectivity index (χ0n) is 10.2. The highest BCUT2D eigenvalue weighted by Crippen LogP contribution is 2.25. The van der Waals surface area contributed by atoms with E-state index >= 15 is 0 Å². The third kappa shape index (κ3) is 3.78. The zero-order chi connectivity index (χ0) is 11.4. The molecule has 1 fully saturated rings. The molecule has 0 radical (unpaired) electrons. The number of rotatable bonds is 2. The summed E-state index contributed by atoms with van der Waals surface area (Å²) in [5, 5.41) is 9.05. The van der Waals surface area contributed by atoms with Crippen molar-refractivity contribution < 1.29 is 0 Å². The normalized spacial score (nSPS) is 15.2. The molecular formula is C13H19Cl2N3. The second-order valence-corrected chi connectivity index (χ2v) is 4.30. The molecule has 1 aromatic carbocycles. The molecule has 18 heavy (non-hydrogen) atoms. The van der Waals surface area contributed by atoms with Gasteiger partial charge in [0.2, 0.25) is 0 Å². The Hall–Kier alpha value is -0.950. The highest BCUT2D eigenvalue weighted by molar-refractivity contribution is 5.85. The average molecular weight is 288 g/mol. The molecule has 1 aliphatic heterocycles. The second-order valence-electron chi connectivity index (χ2n) is 4.30. The van der Waals surface area contributed by atoms with Crippen LogP contribution in [0.1, 0.15) is 18.4 Å². The Kier molecular flexibility index (Phi) is 7.77. The second kappa shape index (κ2) is 8.20. The van der Waals surface area contributed by atoms with E-state index in [4.69, 9.17) is 11.0 Å². The van der Waals surface area contributed by atoms with Crippen molar-refractivity contribution in [1.29, 1.82) is 5.26 Å². The first kappa shape index (κ1) is 17.1. The summed E-state index contributed by atoms with van der Waals surface area (Å²) in [5.41, 5.74) is 7.51. The Morgan fingerprint density at radius 3 is 2.39 bits per heavy atom. The molecule has 2 rings (SSSR count). The monoisotopic (exact) mass is 287 g/mol. The van der Waals surface area contributed by atoms with Crippen LogP contribution in [0.3, 0.4) is 0 Å². The number of benzene rings is 1. The van der Waals surface area contributed by atoms with Crippen molar-refractivity contribution in [2.24, 2.45) is 11.7 Å². The third-order valence-corrected chi connectivity index (χ3v) is 3.31. The van der Waals surface area contributed by atoms with E-state index in [1.807, 2.05) is 24.3 Å². The van der Waals surface area contributed by atoms with Gasteiger partial charge in [0.15, 0.2) is 0 Å². The highest BCUT2D eigenvalue weighted by atomic mass is 35.5. The standard InChI is InChI=1S/C13H17N3.2ClH/c14-9-11-5-7-16(8-6-11)13-4-2-1-3-12(13)10-15;;/h1-4,11H,5-9,14H2;2*1H. The van der Waals surface area contributed by atoms with Gasteiger partial charge in [-0.25, -0.2) is 0 Å². The molecule has 0 bridgehead atoms. The molecule has 0 atom stereocenters. The lowest BCUT2D eigenvalue weighted by Crippen LogP contribution is -2.36. The van der Waals surface area contributed by atoms with Gasteiger partial charge in [0.25, 0.3) is 0 Å². The van der Waals surface area contributed by atoms with E-state index in [1.54, 1.807) is 0 Å². The first-order valence-corrected chi connectivity index (χ1v) is 5.79. The smallest absolute Gasteiger partial charge is 0.101 e. The van der Waals surface area contributed by atoms with Gasteiger partial charge in [-0.2, -0.15) is 5.26 Å². The maximum absolute atomic E-state index is 9.05. The van der Waals surface area contributed by atoms with Crippen LogP contribution in [0.4, 0.5) is 5.69 Å². The summed E-state index contributed by atoms with van der Waals surface area (Å²) in [4.78, 5) is 2.30. The number of nitrogens with two attached hydrogens (primary N) is 1. The lowest BCUT2D eigenvalue weighted by molar-refractivity contribution is 0.414. The predicted molar refractivity (Wildman–Crippen MR) is 79.6 cm³/mol. The Bertz CT molecular complexity index is 395. The fraction of sp³-hybridized carbons (Fsp3) is 0.462. The van der Waals surface area contributed by atoms with Gasteiger partial charge in [-0.3, -0.25) is 0 Å². The lowest BCUT2D eigenvalue weighted by atomic mass is 9.96. The molecule has 0 saturated carbocycles. The maximum atomic E-state index is 9.05. The summed E-state index contributed by atoms with van der Waals surface area (Å²) in [5.74, 6) is 0.658. The van der Waals surface area contributed by atoms with E-state index in [-0.39, 0.29) is 24.8 Å². The molecule has 0 spiro atoms. The van der Waals surface area contributed by atoms with Crippen molar-refractivity contribution in [3.8, 4) is 6.07 Å². The van der Waals surface area contributed by atoms with Crippen molar-refractivity contribution in [3.05, 3.63) is 29.8 Å². The van der Waals surface area contributed by atoms with E-state index in [0.717, 1.165) is 43.7 Å². The molecule has 3 nitrogen and oxygen atoms in total. The number of para-hydroxylation sites is 1. The van der Waals surface area contributed by atoms with Crippen LogP contribution >= 0.6 is 24.8 Å². The number of piperidine rings is 1. The number of anilines is 1. The molecule has 1 aromatic rings. The molecule has 0 amide bonds. The van der Waals surface area contributed by atoms with Crippen LogP contribution in [0.2, 0.25) is 0 Å². The van der Waals surface area contributed by atoms with Crippen LogP contribution in [-0.4, -0.2) is 19.6 Å². The molecule has 1 heterocycles. The summed E-state index contributed by atoms with van der Waals surface area (Å²) < 4.78 is 0. The number of halogens is 2. The maximum Gasteiger partial charge on any atom is 0.101 e. The van der Waals surface area contributed by atoms with Crippen molar-refractivity contribution in [1.82, 2.24) is 0 Å². The highest BCUT2D eigenvalue weighted by Gasteiger charge is 2.19. The van der Waals surface area contributed by atoms with Crippen LogP contribution in [0.5, 0.6) is 0 Å². The van der Waals surface area contributed by atoms with E-state index in [2.05, 4.69) is 11.0 Å². The average Bonchev–Trinajstić information content (AvgIpc) is 2.39.